The first kappa shape index (κ1) is 14.8. The number of nitrogens with one attached hydrogen (secondary N) is 1. The van der Waals surface area contributed by atoms with E-state index in [1.165, 1.54) is 11.3 Å². The van der Waals surface area contributed by atoms with Crippen molar-refractivity contribution in [3.8, 4) is 0 Å². The van der Waals surface area contributed by atoms with Crippen LogP contribution >= 0.6 is 11.3 Å². The van der Waals surface area contributed by atoms with Crippen LogP contribution in [0.3, 0.4) is 0 Å². The van der Waals surface area contributed by atoms with E-state index in [1.54, 1.807) is 0 Å². The SMILES string of the molecule is Cc1cscc1C(=O)N[C@@H](C)C[C@@H](O)c1ccccc1. The molecule has 0 radical (unpaired) electrons. The molecule has 0 bridgehead atoms. The van der Waals surface area contributed by atoms with Crippen molar-refractivity contribution in [2.24, 2.45) is 0 Å². The molecular weight excluding hydrogens is 270 g/mol. The standard InChI is InChI=1S/C16H19NO2S/c1-11-9-20-10-14(11)16(19)17-12(2)8-15(18)13-6-4-3-5-7-13/h3-7,9-10,12,15,18H,8H2,1-2H3,(H,17,19)/t12-,15+/m0/s1. The number of hydrogen-bond donors (Lipinski definition) is 2. The number of amides is 1. The smallest absolute Gasteiger partial charge is 0.252 e. The fourth-order valence-corrected chi connectivity index (χ4v) is 2.93. The zero-order chi connectivity index (χ0) is 14.5. The molecule has 106 valence electrons. The number of carbonyl (C=O) groups is 1. The van der Waals surface area contributed by atoms with Gasteiger partial charge in [0.25, 0.3) is 5.91 Å². The third kappa shape index (κ3) is 3.68. The highest BCUT2D eigenvalue weighted by molar-refractivity contribution is 7.08. The second kappa shape index (κ2) is 6.68. The summed E-state index contributed by atoms with van der Waals surface area (Å²) in [6.07, 6.45) is -0.0612. The van der Waals surface area contributed by atoms with E-state index in [0.717, 1.165) is 16.7 Å². The predicted molar refractivity (Wildman–Crippen MR) is 82.0 cm³/mol. The summed E-state index contributed by atoms with van der Waals surface area (Å²) in [5.41, 5.74) is 2.58. The van der Waals surface area contributed by atoms with Gasteiger partial charge in [-0.25, -0.2) is 0 Å². The van der Waals surface area contributed by atoms with Crippen LogP contribution in [-0.2, 0) is 0 Å². The quantitative estimate of drug-likeness (QED) is 0.887. The molecule has 0 fully saturated rings. The van der Waals surface area contributed by atoms with Gasteiger partial charge in [-0.3, -0.25) is 4.79 Å². The second-order valence-corrected chi connectivity index (χ2v) is 5.75. The number of thiophene rings is 1. The number of aliphatic hydroxyl groups is 1. The van der Waals surface area contributed by atoms with Crippen LogP contribution in [0.4, 0.5) is 0 Å². The van der Waals surface area contributed by atoms with Gasteiger partial charge in [-0.2, -0.15) is 11.3 Å². The topological polar surface area (TPSA) is 49.3 Å². The molecule has 4 heteroatoms. The third-order valence-electron chi connectivity index (χ3n) is 3.24. The van der Waals surface area contributed by atoms with E-state index in [4.69, 9.17) is 0 Å². The predicted octanol–water partition coefficient (Wildman–Crippen LogP) is 3.30. The highest BCUT2D eigenvalue weighted by Gasteiger charge is 2.16. The first-order valence-corrected chi connectivity index (χ1v) is 7.59. The molecule has 3 nitrogen and oxygen atoms in total. The molecule has 1 amide bonds. The van der Waals surface area contributed by atoms with E-state index in [-0.39, 0.29) is 11.9 Å². The Bertz CT molecular complexity index is 565. The average molecular weight is 289 g/mol. The Morgan fingerprint density at radius 2 is 2.00 bits per heavy atom. The maximum atomic E-state index is 12.1. The Morgan fingerprint density at radius 3 is 2.60 bits per heavy atom. The van der Waals surface area contributed by atoms with Crippen LogP contribution in [0.15, 0.2) is 41.1 Å². The molecule has 2 N–H and O–H groups in total. The number of benzene rings is 1. The van der Waals surface area contributed by atoms with E-state index in [2.05, 4.69) is 5.32 Å². The number of rotatable bonds is 5. The Morgan fingerprint density at radius 1 is 1.30 bits per heavy atom. The average Bonchev–Trinajstić information content (AvgIpc) is 2.86. The van der Waals surface area contributed by atoms with E-state index < -0.39 is 6.10 Å². The van der Waals surface area contributed by atoms with Crippen LogP contribution < -0.4 is 5.32 Å². The van der Waals surface area contributed by atoms with Crippen LogP contribution in [0.2, 0.25) is 0 Å². The summed E-state index contributed by atoms with van der Waals surface area (Å²) in [7, 11) is 0. The molecule has 1 heterocycles. The summed E-state index contributed by atoms with van der Waals surface area (Å²) in [6.45, 7) is 3.83. The van der Waals surface area contributed by atoms with Gasteiger partial charge in [0.2, 0.25) is 0 Å². The lowest BCUT2D eigenvalue weighted by atomic mass is 10.0. The molecule has 1 aromatic heterocycles. The van der Waals surface area contributed by atoms with Gasteiger partial charge in [0.05, 0.1) is 11.7 Å². The van der Waals surface area contributed by atoms with Gasteiger partial charge in [0.15, 0.2) is 0 Å². The molecule has 0 saturated heterocycles. The van der Waals surface area contributed by atoms with Crippen molar-refractivity contribution in [3.05, 3.63) is 57.8 Å². The van der Waals surface area contributed by atoms with Crippen molar-refractivity contribution in [2.75, 3.05) is 0 Å². The third-order valence-corrected chi connectivity index (χ3v) is 4.10. The van der Waals surface area contributed by atoms with E-state index in [0.29, 0.717) is 6.42 Å². The molecule has 0 aliphatic rings. The van der Waals surface area contributed by atoms with Crippen molar-refractivity contribution in [1.29, 1.82) is 0 Å². The Hall–Kier alpha value is -1.65. The van der Waals surface area contributed by atoms with Crippen molar-refractivity contribution in [2.45, 2.75) is 32.4 Å². The van der Waals surface area contributed by atoms with Gasteiger partial charge in [-0.05, 0) is 36.8 Å². The highest BCUT2D eigenvalue weighted by atomic mass is 32.1. The maximum Gasteiger partial charge on any atom is 0.252 e. The molecule has 0 aliphatic carbocycles. The molecule has 0 saturated carbocycles. The molecule has 0 unspecified atom stereocenters. The summed E-state index contributed by atoms with van der Waals surface area (Å²) in [5, 5.41) is 16.9. The summed E-state index contributed by atoms with van der Waals surface area (Å²) < 4.78 is 0. The number of aliphatic hydroxyl groups excluding tert-OH is 1. The fourth-order valence-electron chi connectivity index (χ4n) is 2.10. The van der Waals surface area contributed by atoms with Gasteiger partial charge < -0.3 is 10.4 Å². The van der Waals surface area contributed by atoms with Crippen molar-refractivity contribution in [1.82, 2.24) is 5.32 Å². The van der Waals surface area contributed by atoms with E-state index in [9.17, 15) is 9.90 Å². The largest absolute Gasteiger partial charge is 0.388 e. The van der Waals surface area contributed by atoms with Gasteiger partial charge >= 0.3 is 0 Å². The van der Waals surface area contributed by atoms with Crippen molar-refractivity contribution < 1.29 is 9.90 Å². The lowest BCUT2D eigenvalue weighted by Crippen LogP contribution is -2.33. The Balaban J connectivity index is 1.91. The summed E-state index contributed by atoms with van der Waals surface area (Å²) in [5.74, 6) is -0.0727. The summed E-state index contributed by atoms with van der Waals surface area (Å²) in [6, 6.07) is 9.41. The van der Waals surface area contributed by atoms with E-state index >= 15 is 0 Å². The number of aryl methyl sites for hydroxylation is 1. The van der Waals surface area contributed by atoms with Crippen molar-refractivity contribution >= 4 is 17.2 Å². The zero-order valence-corrected chi connectivity index (χ0v) is 12.5. The summed E-state index contributed by atoms with van der Waals surface area (Å²) in [4.78, 5) is 12.1. The highest BCUT2D eigenvalue weighted by Crippen LogP contribution is 2.18. The Labute approximate surface area is 123 Å². The van der Waals surface area contributed by atoms with Crippen LogP contribution in [0.5, 0.6) is 0 Å². The maximum absolute atomic E-state index is 12.1. The second-order valence-electron chi connectivity index (χ2n) is 5.01. The van der Waals surface area contributed by atoms with E-state index in [1.807, 2.05) is 54.9 Å². The molecule has 0 spiro atoms. The van der Waals surface area contributed by atoms with Crippen molar-refractivity contribution in [3.63, 3.8) is 0 Å². The monoisotopic (exact) mass is 289 g/mol. The van der Waals surface area contributed by atoms with Crippen LogP contribution in [0, 0.1) is 6.92 Å². The first-order chi connectivity index (χ1) is 9.58. The normalized spacial score (nSPS) is 13.8. The van der Waals surface area contributed by atoms with Crippen LogP contribution in [-0.4, -0.2) is 17.1 Å². The minimum absolute atomic E-state index is 0.0727. The number of hydrogen-bond acceptors (Lipinski definition) is 3. The lowest BCUT2D eigenvalue weighted by molar-refractivity contribution is 0.0917. The molecule has 2 rings (SSSR count). The van der Waals surface area contributed by atoms with Gasteiger partial charge in [0, 0.05) is 11.4 Å². The molecule has 1 aromatic carbocycles. The Kier molecular flexibility index (Phi) is 4.93. The minimum atomic E-state index is -0.560. The zero-order valence-electron chi connectivity index (χ0n) is 11.7. The molecule has 2 aromatic rings. The number of carbonyl (C=O) groups excluding carboxylic acids is 1. The van der Waals surface area contributed by atoms with Crippen LogP contribution in [0.1, 0.15) is 40.9 Å². The van der Waals surface area contributed by atoms with Gasteiger partial charge in [0.1, 0.15) is 0 Å². The fraction of sp³-hybridized carbons (Fsp3) is 0.312. The van der Waals surface area contributed by atoms with Gasteiger partial charge in [-0.15, -0.1) is 0 Å². The molecule has 20 heavy (non-hydrogen) atoms. The molecule has 0 aliphatic heterocycles. The summed E-state index contributed by atoms with van der Waals surface area (Å²) >= 11 is 1.52. The molecule has 2 atom stereocenters. The lowest BCUT2D eigenvalue weighted by Gasteiger charge is -2.18. The first-order valence-electron chi connectivity index (χ1n) is 6.64. The van der Waals surface area contributed by atoms with Crippen LogP contribution in [0.25, 0.3) is 0 Å². The molecular formula is C16H19NO2S. The minimum Gasteiger partial charge on any atom is -0.388 e. The van der Waals surface area contributed by atoms with Gasteiger partial charge in [-0.1, -0.05) is 30.3 Å².